The molecule has 2 aromatic carbocycles. The summed E-state index contributed by atoms with van der Waals surface area (Å²) < 4.78 is 26.7. The van der Waals surface area contributed by atoms with Crippen LogP contribution in [-0.4, -0.2) is 33.1 Å². The van der Waals surface area contributed by atoms with Gasteiger partial charge < -0.3 is 10.6 Å². The van der Waals surface area contributed by atoms with Gasteiger partial charge in [-0.25, -0.2) is 17.9 Å². The van der Waals surface area contributed by atoms with Gasteiger partial charge in [0, 0.05) is 28.9 Å². The first-order valence-electron chi connectivity index (χ1n) is 10.4. The van der Waals surface area contributed by atoms with E-state index in [2.05, 4.69) is 15.7 Å². The van der Waals surface area contributed by atoms with Gasteiger partial charge in [0.05, 0.1) is 17.8 Å². The van der Waals surface area contributed by atoms with Crippen molar-refractivity contribution in [3.63, 3.8) is 0 Å². The Labute approximate surface area is 201 Å². The minimum absolute atomic E-state index is 0.0631. The number of anilines is 3. The summed E-state index contributed by atoms with van der Waals surface area (Å²) in [6, 6.07) is 14.8. The molecule has 0 atom stereocenters. The second-order valence-electron chi connectivity index (χ2n) is 7.69. The summed E-state index contributed by atoms with van der Waals surface area (Å²) >= 11 is 1.08. The van der Waals surface area contributed by atoms with E-state index in [4.69, 9.17) is 0 Å². The normalized spacial score (nSPS) is 13.6. The largest absolute Gasteiger partial charge is 0.388 e. The molecule has 0 saturated carbocycles. The highest BCUT2D eigenvalue weighted by atomic mass is 32.2. The number of hydrogen-bond donors (Lipinski definition) is 3. The van der Waals surface area contributed by atoms with Crippen molar-refractivity contribution in [2.75, 3.05) is 22.7 Å². The summed E-state index contributed by atoms with van der Waals surface area (Å²) in [5.41, 5.74) is 4.10. The molecule has 3 aromatic rings. The van der Waals surface area contributed by atoms with E-state index in [1.165, 1.54) is 11.1 Å². The number of rotatable bonds is 6. The molecule has 34 heavy (non-hydrogen) atoms. The number of carbonyl (C=O) groups is 2. The van der Waals surface area contributed by atoms with Crippen LogP contribution in [0.15, 0.2) is 63.9 Å². The summed E-state index contributed by atoms with van der Waals surface area (Å²) in [4.78, 5) is 25.8. The third kappa shape index (κ3) is 4.95. The Kier molecular flexibility index (Phi) is 6.40. The fourth-order valence-electron chi connectivity index (χ4n) is 3.49. The molecule has 4 rings (SSSR count). The first kappa shape index (κ1) is 23.5. The molecular formula is C23H23N5O4S2. The Balaban J connectivity index is 1.49. The van der Waals surface area contributed by atoms with Gasteiger partial charge in [-0.05, 0) is 61.9 Å². The van der Waals surface area contributed by atoms with Crippen molar-refractivity contribution in [1.82, 2.24) is 4.72 Å². The predicted octanol–water partition coefficient (Wildman–Crippen LogP) is 4.06. The summed E-state index contributed by atoms with van der Waals surface area (Å²) in [6.45, 7) is 3.57. The van der Waals surface area contributed by atoms with Crippen molar-refractivity contribution < 1.29 is 18.0 Å². The molecule has 1 aliphatic rings. The highest BCUT2D eigenvalue weighted by Crippen LogP contribution is 2.29. The summed E-state index contributed by atoms with van der Waals surface area (Å²) in [5.74, 6) is -0.163. The van der Waals surface area contributed by atoms with Gasteiger partial charge in [-0.15, -0.1) is 11.3 Å². The van der Waals surface area contributed by atoms with Crippen LogP contribution >= 0.6 is 11.3 Å². The molecule has 3 N–H and O–H groups in total. The number of hydrazone groups is 1. The van der Waals surface area contributed by atoms with E-state index in [0.29, 0.717) is 22.6 Å². The predicted molar refractivity (Wildman–Crippen MR) is 134 cm³/mol. The van der Waals surface area contributed by atoms with E-state index in [1.54, 1.807) is 38.1 Å². The minimum Gasteiger partial charge on any atom is -0.388 e. The van der Waals surface area contributed by atoms with Gasteiger partial charge >= 0.3 is 6.03 Å². The Morgan fingerprint density at radius 1 is 1.06 bits per heavy atom. The van der Waals surface area contributed by atoms with E-state index in [9.17, 15) is 18.0 Å². The number of hydrogen-bond acceptors (Lipinski definition) is 7. The Morgan fingerprint density at radius 2 is 1.85 bits per heavy atom. The highest BCUT2D eigenvalue weighted by molar-refractivity contribution is 7.92. The molecular weight excluding hydrogens is 474 g/mol. The number of benzene rings is 2. The summed E-state index contributed by atoms with van der Waals surface area (Å²) in [7, 11) is -2.13. The molecule has 0 aliphatic carbocycles. The van der Waals surface area contributed by atoms with Crippen LogP contribution in [0.1, 0.15) is 22.4 Å². The molecule has 1 aliphatic heterocycles. The highest BCUT2D eigenvalue weighted by Gasteiger charge is 2.27. The first-order valence-corrected chi connectivity index (χ1v) is 12.7. The topological polar surface area (TPSA) is 120 Å². The number of nitrogens with zero attached hydrogens (tertiary/aromatic N) is 2. The van der Waals surface area contributed by atoms with Crippen molar-refractivity contribution in [2.45, 2.75) is 24.5 Å². The first-order chi connectivity index (χ1) is 16.2. The zero-order valence-corrected chi connectivity index (χ0v) is 20.4. The van der Waals surface area contributed by atoms with Crippen LogP contribution in [0.4, 0.5) is 21.9 Å². The third-order valence-electron chi connectivity index (χ3n) is 5.15. The van der Waals surface area contributed by atoms with Crippen molar-refractivity contribution in [3.05, 3.63) is 70.6 Å². The Morgan fingerprint density at radius 3 is 2.53 bits per heavy atom. The van der Waals surface area contributed by atoms with Gasteiger partial charge in [0.15, 0.2) is 0 Å². The lowest BCUT2D eigenvalue weighted by molar-refractivity contribution is -0.116. The average Bonchev–Trinajstić information content (AvgIpc) is 3.40. The van der Waals surface area contributed by atoms with Crippen LogP contribution in [0, 0.1) is 13.8 Å². The molecule has 0 unspecified atom stereocenters. The molecule has 0 bridgehead atoms. The number of sulfonamides is 1. The van der Waals surface area contributed by atoms with Crippen molar-refractivity contribution in [1.29, 1.82) is 0 Å². The van der Waals surface area contributed by atoms with Gasteiger partial charge in [0.25, 0.3) is 15.9 Å². The quantitative estimate of drug-likeness (QED) is 0.474. The number of nitrogens with one attached hydrogen (secondary N) is 3. The number of thiophene rings is 1. The fourth-order valence-corrected chi connectivity index (χ4v) is 5.68. The molecule has 0 radical (unpaired) electrons. The second kappa shape index (κ2) is 9.27. The molecule has 2 heterocycles. The molecule has 0 saturated heterocycles. The lowest BCUT2D eigenvalue weighted by Crippen LogP contribution is -2.34. The zero-order valence-electron chi connectivity index (χ0n) is 18.7. The van der Waals surface area contributed by atoms with Crippen LogP contribution in [0.5, 0.6) is 0 Å². The average molecular weight is 498 g/mol. The van der Waals surface area contributed by atoms with Crippen molar-refractivity contribution >= 4 is 56.1 Å². The third-order valence-corrected chi connectivity index (χ3v) is 7.97. The molecule has 176 valence electrons. The maximum absolute atomic E-state index is 12.7. The molecule has 0 spiro atoms. The number of carbonyl (C=O) groups excluding carboxylic acids is 2. The van der Waals surface area contributed by atoms with Crippen LogP contribution in [0.25, 0.3) is 0 Å². The van der Waals surface area contributed by atoms with E-state index in [1.807, 2.05) is 36.0 Å². The van der Waals surface area contributed by atoms with E-state index in [0.717, 1.165) is 27.5 Å². The van der Waals surface area contributed by atoms with Gasteiger partial charge in [-0.3, -0.25) is 4.79 Å². The van der Waals surface area contributed by atoms with Crippen LogP contribution in [-0.2, 0) is 14.8 Å². The van der Waals surface area contributed by atoms with E-state index < -0.39 is 16.1 Å². The fraction of sp³-hybridized carbons (Fsp3) is 0.174. The molecule has 0 fully saturated rings. The summed E-state index contributed by atoms with van der Waals surface area (Å²) in [6.07, 6.45) is 0.176. The van der Waals surface area contributed by atoms with Crippen molar-refractivity contribution in [2.24, 2.45) is 5.10 Å². The van der Waals surface area contributed by atoms with Crippen LogP contribution in [0.2, 0.25) is 0 Å². The SMILES string of the molecule is CNc1cccc(C2=NN(c3ccc(NC(=O)NS(=O)(=O)c4ccc(C)s4)cc3C)C(=O)C2)c1. The minimum atomic E-state index is -3.95. The Bertz CT molecular complexity index is 1410. The maximum atomic E-state index is 12.7. The number of amides is 3. The monoisotopic (exact) mass is 497 g/mol. The van der Waals surface area contributed by atoms with E-state index in [-0.39, 0.29) is 16.5 Å². The van der Waals surface area contributed by atoms with Gasteiger partial charge in [0.1, 0.15) is 4.21 Å². The zero-order chi connectivity index (χ0) is 24.5. The number of urea groups is 1. The van der Waals surface area contributed by atoms with Gasteiger partial charge in [-0.2, -0.15) is 10.1 Å². The lowest BCUT2D eigenvalue weighted by atomic mass is 10.1. The molecule has 11 heteroatoms. The molecule has 3 amide bonds. The maximum Gasteiger partial charge on any atom is 0.333 e. The van der Waals surface area contributed by atoms with E-state index >= 15 is 0 Å². The second-order valence-corrected chi connectivity index (χ2v) is 10.9. The smallest absolute Gasteiger partial charge is 0.333 e. The summed E-state index contributed by atoms with van der Waals surface area (Å²) in [5, 5.41) is 11.5. The molecule has 9 nitrogen and oxygen atoms in total. The van der Waals surface area contributed by atoms with Gasteiger partial charge in [0.2, 0.25) is 0 Å². The van der Waals surface area contributed by atoms with Crippen LogP contribution in [0.3, 0.4) is 0 Å². The van der Waals surface area contributed by atoms with Crippen LogP contribution < -0.4 is 20.4 Å². The number of aryl methyl sites for hydroxylation is 2. The lowest BCUT2D eigenvalue weighted by Gasteiger charge is -2.16. The van der Waals surface area contributed by atoms with Gasteiger partial charge in [-0.1, -0.05) is 12.1 Å². The molecule has 1 aromatic heterocycles. The van der Waals surface area contributed by atoms with Crippen molar-refractivity contribution in [3.8, 4) is 0 Å². The standard InChI is InChI=1S/C23H23N5O4S2/c1-14-11-18(25-23(30)27-34(31,32)22-10-7-15(2)33-22)8-9-20(14)28-21(29)13-19(26-28)16-5-4-6-17(12-16)24-3/h4-12,24H,13H2,1-3H3,(H2,25,27,30). The Hall–Kier alpha value is -3.70.